The first-order valence-electron chi connectivity index (χ1n) is 9.80. The van der Waals surface area contributed by atoms with Crippen molar-refractivity contribution >= 4 is 17.5 Å². The van der Waals surface area contributed by atoms with E-state index in [0.29, 0.717) is 6.42 Å². The second-order valence-corrected chi connectivity index (χ2v) is 8.45. The molecule has 0 bridgehead atoms. The van der Waals surface area contributed by atoms with Crippen LogP contribution in [-0.2, 0) is 19.1 Å². The van der Waals surface area contributed by atoms with E-state index in [2.05, 4.69) is 0 Å². The molecule has 1 rings (SSSR count). The van der Waals surface area contributed by atoms with Crippen LogP contribution in [0.15, 0.2) is 23.8 Å². The van der Waals surface area contributed by atoms with Crippen molar-refractivity contribution < 1.29 is 29.3 Å². The van der Waals surface area contributed by atoms with Crippen LogP contribution in [0.25, 0.3) is 0 Å². The van der Waals surface area contributed by atoms with E-state index in [0.717, 1.165) is 5.57 Å². The van der Waals surface area contributed by atoms with Crippen molar-refractivity contribution in [3.05, 3.63) is 23.8 Å². The van der Waals surface area contributed by atoms with E-state index in [1.165, 1.54) is 6.92 Å². The average Bonchev–Trinajstić information content (AvgIpc) is 2.61. The van der Waals surface area contributed by atoms with E-state index in [-0.39, 0.29) is 23.9 Å². The van der Waals surface area contributed by atoms with Gasteiger partial charge in [0.2, 0.25) is 0 Å². The molecule has 0 aliphatic carbocycles. The third-order valence-electron chi connectivity index (χ3n) is 5.58. The fraction of sp³-hybridized carbons (Fsp3) is 0.682. The first-order valence-corrected chi connectivity index (χ1v) is 9.80. The molecule has 158 valence electrons. The molecule has 0 radical (unpaired) electrons. The van der Waals surface area contributed by atoms with E-state index in [4.69, 9.17) is 4.74 Å². The van der Waals surface area contributed by atoms with Gasteiger partial charge in [0.15, 0.2) is 11.9 Å². The number of cyclic esters (lactones) is 1. The molecule has 5 atom stereocenters. The van der Waals surface area contributed by atoms with Crippen molar-refractivity contribution in [3.8, 4) is 0 Å². The average molecular weight is 395 g/mol. The topological polar surface area (TPSA) is 101 Å². The molecule has 6 nitrogen and oxygen atoms in total. The number of aliphatic hydroxyl groups is 2. The normalized spacial score (nSPS) is 36.1. The third kappa shape index (κ3) is 6.38. The summed E-state index contributed by atoms with van der Waals surface area (Å²) in [7, 11) is 0. The highest BCUT2D eigenvalue weighted by molar-refractivity contribution is 5.88. The Balaban J connectivity index is 3.21. The molecule has 0 aromatic rings. The van der Waals surface area contributed by atoms with Crippen LogP contribution < -0.4 is 0 Å². The lowest BCUT2D eigenvalue weighted by atomic mass is 9.73. The maximum absolute atomic E-state index is 12.9. The summed E-state index contributed by atoms with van der Waals surface area (Å²) in [5.41, 5.74) is -0.250. The number of hydrogen-bond donors (Lipinski definition) is 2. The molecular weight excluding hydrogens is 360 g/mol. The maximum Gasteiger partial charge on any atom is 0.309 e. The van der Waals surface area contributed by atoms with Crippen molar-refractivity contribution in [2.24, 2.45) is 17.3 Å². The van der Waals surface area contributed by atoms with Crippen molar-refractivity contribution in [2.75, 3.05) is 0 Å². The number of allylic oxidation sites excluding steroid dienone is 2. The van der Waals surface area contributed by atoms with E-state index < -0.39 is 42.0 Å². The number of Topliss-reactive ketones (excluding diaryl/α,β-unsaturated/α-hetero) is 2. The summed E-state index contributed by atoms with van der Waals surface area (Å²) in [6, 6.07) is 0. The molecule has 0 amide bonds. The Kier molecular flexibility index (Phi) is 8.76. The van der Waals surface area contributed by atoms with Crippen molar-refractivity contribution in [1.29, 1.82) is 0 Å². The first kappa shape index (κ1) is 24.2. The minimum absolute atomic E-state index is 0.248. The van der Waals surface area contributed by atoms with Crippen LogP contribution in [0.4, 0.5) is 0 Å². The fourth-order valence-corrected chi connectivity index (χ4v) is 3.25. The monoisotopic (exact) mass is 394 g/mol. The van der Waals surface area contributed by atoms with Gasteiger partial charge >= 0.3 is 5.97 Å². The van der Waals surface area contributed by atoms with Crippen molar-refractivity contribution in [3.63, 3.8) is 0 Å². The SMILES string of the molecule is CC(=O)C1C/C=C(/C)C/C=C/C(C)C(O)C(C)C(=O)C(C)(C)[C@@H](O)CC(=O)O1. The van der Waals surface area contributed by atoms with E-state index in [9.17, 15) is 24.6 Å². The van der Waals surface area contributed by atoms with Gasteiger partial charge in [-0.1, -0.05) is 51.5 Å². The molecule has 0 spiro atoms. The van der Waals surface area contributed by atoms with Crippen LogP contribution in [0.3, 0.4) is 0 Å². The van der Waals surface area contributed by atoms with Crippen LogP contribution in [0, 0.1) is 17.3 Å². The van der Waals surface area contributed by atoms with Crippen LogP contribution >= 0.6 is 0 Å². The number of rotatable bonds is 1. The molecule has 0 saturated carbocycles. The summed E-state index contributed by atoms with van der Waals surface area (Å²) in [5.74, 6) is -2.29. The Morgan fingerprint density at radius 2 is 1.82 bits per heavy atom. The molecule has 0 aromatic heterocycles. The quantitative estimate of drug-likeness (QED) is 0.524. The van der Waals surface area contributed by atoms with E-state index >= 15 is 0 Å². The minimum Gasteiger partial charge on any atom is -0.454 e. The Labute approximate surface area is 167 Å². The van der Waals surface area contributed by atoms with Gasteiger partial charge in [-0.05, 0) is 20.3 Å². The predicted molar refractivity (Wildman–Crippen MR) is 106 cm³/mol. The molecule has 1 aliphatic rings. The molecule has 0 saturated heterocycles. The largest absolute Gasteiger partial charge is 0.454 e. The lowest BCUT2D eigenvalue weighted by molar-refractivity contribution is -0.159. The summed E-state index contributed by atoms with van der Waals surface area (Å²) in [4.78, 5) is 37.0. The fourth-order valence-electron chi connectivity index (χ4n) is 3.25. The zero-order chi connectivity index (χ0) is 21.6. The van der Waals surface area contributed by atoms with Gasteiger partial charge in [0.25, 0.3) is 0 Å². The lowest BCUT2D eigenvalue weighted by Crippen LogP contribution is -2.45. The van der Waals surface area contributed by atoms with E-state index in [1.807, 2.05) is 32.1 Å². The van der Waals surface area contributed by atoms with Crippen molar-refractivity contribution in [2.45, 2.75) is 79.1 Å². The Bertz CT molecular complexity index is 645. The van der Waals surface area contributed by atoms with Gasteiger partial charge in [-0.25, -0.2) is 0 Å². The highest BCUT2D eigenvalue weighted by Gasteiger charge is 2.42. The standard InChI is InChI=1S/C22H34O6/c1-13-8-7-9-14(2)20(26)15(3)21(27)22(5,6)18(24)12-19(25)28-17(11-10-13)16(4)23/h7,9-10,14-15,17-18,20,24,26H,8,11-12H2,1-6H3/b9-7+,13-10-/t14?,15?,17?,18-,20?/m0/s1. The molecule has 0 fully saturated rings. The Morgan fingerprint density at radius 3 is 2.39 bits per heavy atom. The molecule has 28 heavy (non-hydrogen) atoms. The first-order chi connectivity index (χ1) is 12.9. The number of hydrogen-bond acceptors (Lipinski definition) is 6. The third-order valence-corrected chi connectivity index (χ3v) is 5.58. The number of ether oxygens (including phenoxy) is 1. The molecular formula is C22H34O6. The molecule has 6 heteroatoms. The second kappa shape index (κ2) is 10.1. The molecule has 1 heterocycles. The molecule has 1 aliphatic heterocycles. The lowest BCUT2D eigenvalue weighted by Gasteiger charge is -2.34. The maximum atomic E-state index is 12.9. The summed E-state index contributed by atoms with van der Waals surface area (Å²) < 4.78 is 5.25. The predicted octanol–water partition coefficient (Wildman–Crippen LogP) is 2.76. The Morgan fingerprint density at radius 1 is 1.21 bits per heavy atom. The van der Waals surface area contributed by atoms with Crippen LogP contribution in [0.2, 0.25) is 0 Å². The second-order valence-electron chi connectivity index (χ2n) is 8.45. The van der Waals surface area contributed by atoms with Crippen LogP contribution in [0.5, 0.6) is 0 Å². The Hall–Kier alpha value is -1.79. The number of carbonyl (C=O) groups excluding carboxylic acids is 3. The van der Waals surface area contributed by atoms with Crippen LogP contribution in [-0.4, -0.2) is 46.1 Å². The van der Waals surface area contributed by atoms with Gasteiger partial charge in [-0.15, -0.1) is 0 Å². The van der Waals surface area contributed by atoms with Gasteiger partial charge in [0.05, 0.1) is 24.0 Å². The highest BCUT2D eigenvalue weighted by atomic mass is 16.5. The van der Waals surface area contributed by atoms with Gasteiger partial charge in [-0.3, -0.25) is 14.4 Å². The van der Waals surface area contributed by atoms with Gasteiger partial charge in [0.1, 0.15) is 5.78 Å². The smallest absolute Gasteiger partial charge is 0.309 e. The summed E-state index contributed by atoms with van der Waals surface area (Å²) in [6.45, 7) is 9.83. The minimum atomic E-state index is -1.29. The zero-order valence-corrected chi connectivity index (χ0v) is 17.8. The molecule has 4 unspecified atom stereocenters. The van der Waals surface area contributed by atoms with E-state index in [1.54, 1.807) is 20.8 Å². The van der Waals surface area contributed by atoms with Gasteiger partial charge < -0.3 is 14.9 Å². The number of aliphatic hydroxyl groups excluding tert-OH is 2. The van der Waals surface area contributed by atoms with Gasteiger partial charge in [0, 0.05) is 18.3 Å². The number of esters is 1. The van der Waals surface area contributed by atoms with Gasteiger partial charge in [-0.2, -0.15) is 0 Å². The summed E-state index contributed by atoms with van der Waals surface area (Å²) in [5, 5.41) is 21.1. The zero-order valence-electron chi connectivity index (χ0n) is 17.8. The summed E-state index contributed by atoms with van der Waals surface area (Å²) in [6.07, 6.45) is 3.02. The summed E-state index contributed by atoms with van der Waals surface area (Å²) >= 11 is 0. The number of carbonyl (C=O) groups is 3. The highest BCUT2D eigenvalue weighted by Crippen LogP contribution is 2.31. The van der Waals surface area contributed by atoms with Crippen LogP contribution in [0.1, 0.15) is 60.8 Å². The molecule has 0 aromatic carbocycles. The molecule has 2 N–H and O–H groups in total. The number of ketones is 2. The van der Waals surface area contributed by atoms with Crippen molar-refractivity contribution in [1.82, 2.24) is 0 Å².